The topological polar surface area (TPSA) is 90.0 Å². The van der Waals surface area contributed by atoms with Crippen molar-refractivity contribution in [3.05, 3.63) is 72.4 Å². The third kappa shape index (κ3) is 4.37. The Hall–Kier alpha value is -3.62. The fourth-order valence-electron chi connectivity index (χ4n) is 3.97. The molecule has 1 amide bonds. The number of fused-ring (bicyclic) bond motifs is 1. The average Bonchev–Trinajstić information content (AvgIpc) is 3.25. The fraction of sp³-hybridized carbons (Fsp3) is 0.250. The highest BCUT2D eigenvalue weighted by atomic mass is 16.1. The van der Waals surface area contributed by atoms with Gasteiger partial charge in [0.25, 0.3) is 5.91 Å². The highest BCUT2D eigenvalue weighted by Crippen LogP contribution is 2.25. The van der Waals surface area contributed by atoms with Crippen molar-refractivity contribution in [1.82, 2.24) is 30.0 Å². The number of aromatic amines is 1. The Morgan fingerprint density at radius 1 is 1.06 bits per heavy atom. The molecule has 1 fully saturated rings. The second kappa shape index (κ2) is 8.86. The molecule has 2 N–H and O–H groups in total. The second-order valence-electron chi connectivity index (χ2n) is 8.14. The number of H-pyrrole nitrogens is 1. The Labute approximate surface area is 186 Å². The van der Waals surface area contributed by atoms with E-state index in [0.717, 1.165) is 60.4 Å². The minimum Gasteiger partial charge on any atom is -0.320 e. The summed E-state index contributed by atoms with van der Waals surface area (Å²) in [5.41, 5.74) is 4.81. The summed E-state index contributed by atoms with van der Waals surface area (Å²) < 4.78 is 0. The van der Waals surface area contributed by atoms with Gasteiger partial charge in [0.05, 0.1) is 11.2 Å². The molecule has 1 aliphatic rings. The summed E-state index contributed by atoms with van der Waals surface area (Å²) in [6.45, 7) is 4.94. The van der Waals surface area contributed by atoms with Crippen LogP contribution in [0.3, 0.4) is 0 Å². The first-order valence-corrected chi connectivity index (χ1v) is 10.7. The van der Waals surface area contributed by atoms with E-state index in [0.29, 0.717) is 11.4 Å². The number of piperazine rings is 1. The number of carbonyl (C=O) groups excluding carboxylic acids is 1. The number of benzene rings is 1. The van der Waals surface area contributed by atoms with Crippen molar-refractivity contribution < 1.29 is 4.79 Å². The second-order valence-corrected chi connectivity index (χ2v) is 8.14. The summed E-state index contributed by atoms with van der Waals surface area (Å²) in [5.74, 6) is -0.253. The van der Waals surface area contributed by atoms with Gasteiger partial charge < -0.3 is 10.2 Å². The molecule has 0 atom stereocenters. The predicted octanol–water partition coefficient (Wildman–Crippen LogP) is 3.02. The van der Waals surface area contributed by atoms with Crippen LogP contribution in [-0.4, -0.2) is 69.1 Å². The van der Waals surface area contributed by atoms with Crippen LogP contribution >= 0.6 is 0 Å². The lowest BCUT2D eigenvalue weighted by Crippen LogP contribution is -2.44. The first kappa shape index (κ1) is 20.3. The van der Waals surface area contributed by atoms with Crippen LogP contribution in [0.15, 0.2) is 61.1 Å². The van der Waals surface area contributed by atoms with E-state index in [9.17, 15) is 4.79 Å². The predicted molar refractivity (Wildman–Crippen MR) is 124 cm³/mol. The zero-order valence-corrected chi connectivity index (χ0v) is 18.0. The standard InChI is InChI=1S/C24H25N7O/c1-30-9-11-31(12-10-30)16-20-14-19(6-8-26-20)27-24(32)23-21-13-17(4-5-22(21)28-29-23)18-3-2-7-25-15-18/h2-8,13-15H,9-12,16H2,1H3,(H,28,29)(H,26,27,32). The minimum absolute atomic E-state index is 0.253. The zero-order valence-electron chi connectivity index (χ0n) is 18.0. The van der Waals surface area contributed by atoms with Crippen molar-refractivity contribution in [2.24, 2.45) is 0 Å². The first-order valence-electron chi connectivity index (χ1n) is 10.7. The molecule has 0 saturated carbocycles. The number of likely N-dealkylation sites (N-methyl/N-ethyl adjacent to an activating group) is 1. The minimum atomic E-state index is -0.253. The number of rotatable bonds is 5. The van der Waals surface area contributed by atoms with Gasteiger partial charge in [-0.3, -0.25) is 24.8 Å². The van der Waals surface area contributed by atoms with Gasteiger partial charge in [0, 0.05) is 68.0 Å². The summed E-state index contributed by atoms with van der Waals surface area (Å²) in [5, 5.41) is 11.0. The van der Waals surface area contributed by atoms with Crippen LogP contribution in [0.1, 0.15) is 16.2 Å². The number of hydrogen-bond donors (Lipinski definition) is 2. The molecule has 4 heterocycles. The third-order valence-electron chi connectivity index (χ3n) is 5.83. The number of hydrogen-bond acceptors (Lipinski definition) is 6. The van der Waals surface area contributed by atoms with Crippen molar-refractivity contribution in [3.8, 4) is 11.1 Å². The maximum Gasteiger partial charge on any atom is 0.276 e. The summed E-state index contributed by atoms with van der Waals surface area (Å²) in [7, 11) is 2.14. The number of amides is 1. The van der Waals surface area contributed by atoms with Crippen molar-refractivity contribution in [2.45, 2.75) is 6.54 Å². The number of pyridine rings is 2. The molecule has 4 aromatic rings. The summed E-state index contributed by atoms with van der Waals surface area (Å²) in [4.78, 5) is 26.4. The Morgan fingerprint density at radius 2 is 1.94 bits per heavy atom. The molecule has 1 aliphatic heterocycles. The van der Waals surface area contributed by atoms with Crippen LogP contribution in [-0.2, 0) is 6.54 Å². The van der Waals surface area contributed by atoms with E-state index in [1.54, 1.807) is 24.7 Å². The van der Waals surface area contributed by atoms with E-state index in [4.69, 9.17) is 0 Å². The van der Waals surface area contributed by atoms with Crippen molar-refractivity contribution >= 4 is 22.5 Å². The first-order chi connectivity index (χ1) is 15.7. The van der Waals surface area contributed by atoms with Crippen molar-refractivity contribution in [1.29, 1.82) is 0 Å². The van der Waals surface area contributed by atoms with Crippen LogP contribution in [0.25, 0.3) is 22.0 Å². The largest absolute Gasteiger partial charge is 0.320 e. The third-order valence-corrected chi connectivity index (χ3v) is 5.83. The average molecular weight is 428 g/mol. The van der Waals surface area contributed by atoms with Crippen molar-refractivity contribution in [3.63, 3.8) is 0 Å². The van der Waals surface area contributed by atoms with Gasteiger partial charge in [-0.15, -0.1) is 0 Å². The van der Waals surface area contributed by atoms with Gasteiger partial charge in [0.15, 0.2) is 5.69 Å². The van der Waals surface area contributed by atoms with E-state index in [2.05, 4.69) is 42.3 Å². The smallest absolute Gasteiger partial charge is 0.276 e. The maximum atomic E-state index is 13.0. The van der Waals surface area contributed by atoms with Gasteiger partial charge >= 0.3 is 0 Å². The van der Waals surface area contributed by atoms with E-state index in [1.165, 1.54) is 0 Å². The van der Waals surface area contributed by atoms with Crippen LogP contribution in [0.4, 0.5) is 5.69 Å². The van der Waals surface area contributed by atoms with Crippen LogP contribution in [0.2, 0.25) is 0 Å². The Kier molecular flexibility index (Phi) is 5.62. The normalized spacial score (nSPS) is 15.2. The molecule has 3 aromatic heterocycles. The molecule has 8 nitrogen and oxygen atoms in total. The van der Waals surface area contributed by atoms with Gasteiger partial charge in [0.2, 0.25) is 0 Å². The Morgan fingerprint density at radius 3 is 2.75 bits per heavy atom. The molecule has 162 valence electrons. The molecule has 0 spiro atoms. The van der Waals surface area contributed by atoms with Crippen LogP contribution in [0, 0.1) is 0 Å². The highest BCUT2D eigenvalue weighted by Gasteiger charge is 2.17. The molecule has 1 aromatic carbocycles. The molecule has 8 heteroatoms. The molecule has 0 unspecified atom stereocenters. The van der Waals surface area contributed by atoms with Crippen LogP contribution in [0.5, 0.6) is 0 Å². The molecular weight excluding hydrogens is 402 g/mol. The van der Waals surface area contributed by atoms with Gasteiger partial charge in [-0.2, -0.15) is 5.10 Å². The molecule has 32 heavy (non-hydrogen) atoms. The lowest BCUT2D eigenvalue weighted by molar-refractivity contribution is 0.102. The SMILES string of the molecule is CN1CCN(Cc2cc(NC(=O)c3n[nH]c4ccc(-c5cccnc5)cc34)ccn2)CC1. The quantitative estimate of drug-likeness (QED) is 0.509. The lowest BCUT2D eigenvalue weighted by atomic mass is 10.0. The summed E-state index contributed by atoms with van der Waals surface area (Å²) >= 11 is 0. The monoisotopic (exact) mass is 427 g/mol. The van der Waals surface area contributed by atoms with E-state index >= 15 is 0 Å². The molecular formula is C24H25N7O. The van der Waals surface area contributed by atoms with E-state index < -0.39 is 0 Å². The maximum absolute atomic E-state index is 13.0. The number of nitrogens with zero attached hydrogens (tertiary/aromatic N) is 5. The number of anilines is 1. The van der Waals surface area contributed by atoms with Gasteiger partial charge in [-0.05, 0) is 42.9 Å². The number of carbonyl (C=O) groups is 1. The van der Waals surface area contributed by atoms with Gasteiger partial charge in [-0.1, -0.05) is 12.1 Å². The number of aromatic nitrogens is 4. The summed E-state index contributed by atoms with van der Waals surface area (Å²) in [6, 6.07) is 13.5. The zero-order chi connectivity index (χ0) is 21.9. The highest BCUT2D eigenvalue weighted by molar-refractivity contribution is 6.11. The van der Waals surface area contributed by atoms with Crippen molar-refractivity contribution in [2.75, 3.05) is 38.5 Å². The van der Waals surface area contributed by atoms with Crippen LogP contribution < -0.4 is 5.32 Å². The Balaban J connectivity index is 1.34. The summed E-state index contributed by atoms with van der Waals surface area (Å²) in [6.07, 6.45) is 5.29. The fourth-order valence-corrected chi connectivity index (χ4v) is 3.97. The van der Waals surface area contributed by atoms with Gasteiger partial charge in [0.1, 0.15) is 0 Å². The molecule has 0 bridgehead atoms. The van der Waals surface area contributed by atoms with E-state index in [1.807, 2.05) is 36.4 Å². The Bertz CT molecular complexity index is 1230. The lowest BCUT2D eigenvalue weighted by Gasteiger charge is -2.32. The molecule has 0 radical (unpaired) electrons. The molecule has 1 saturated heterocycles. The van der Waals surface area contributed by atoms with Gasteiger partial charge in [-0.25, -0.2) is 0 Å². The van der Waals surface area contributed by atoms with E-state index in [-0.39, 0.29) is 5.91 Å². The molecule has 0 aliphatic carbocycles. The number of nitrogens with one attached hydrogen (secondary N) is 2. The molecule has 5 rings (SSSR count).